The zero-order chi connectivity index (χ0) is 15.6. The lowest BCUT2D eigenvalue weighted by Gasteiger charge is -2.13. The number of halogens is 1. The number of benzene rings is 2. The molecule has 2 aromatic rings. The Morgan fingerprint density at radius 1 is 1.19 bits per heavy atom. The van der Waals surface area contributed by atoms with Crippen molar-refractivity contribution in [3.8, 4) is 5.75 Å². The first-order valence-electron chi connectivity index (χ1n) is 6.06. The van der Waals surface area contributed by atoms with Gasteiger partial charge in [-0.15, -0.1) is 0 Å². The molecule has 5 nitrogen and oxygen atoms in total. The minimum atomic E-state index is -3.77. The number of ether oxygens (including phenoxy) is 1. The molecule has 0 aromatic heterocycles. The van der Waals surface area contributed by atoms with Gasteiger partial charge in [0.25, 0.3) is 10.0 Å². The highest BCUT2D eigenvalue weighted by atomic mass is 79.9. The van der Waals surface area contributed by atoms with Gasteiger partial charge in [-0.25, -0.2) is 8.42 Å². The monoisotopic (exact) mass is 370 g/mol. The molecule has 112 valence electrons. The van der Waals surface area contributed by atoms with Crippen molar-refractivity contribution in [3.05, 3.63) is 46.4 Å². The largest absolute Gasteiger partial charge is 0.495 e. The quantitative estimate of drug-likeness (QED) is 0.809. The maximum absolute atomic E-state index is 12.5. The van der Waals surface area contributed by atoms with E-state index in [1.54, 1.807) is 6.07 Å². The van der Waals surface area contributed by atoms with Crippen LogP contribution in [0.4, 0.5) is 11.4 Å². The van der Waals surface area contributed by atoms with E-state index in [2.05, 4.69) is 20.7 Å². The minimum absolute atomic E-state index is 0.0340. The van der Waals surface area contributed by atoms with Crippen LogP contribution < -0.4 is 15.2 Å². The summed E-state index contributed by atoms with van der Waals surface area (Å²) in [6.45, 7) is 1.92. The highest BCUT2D eigenvalue weighted by Crippen LogP contribution is 2.30. The smallest absolute Gasteiger partial charge is 0.265 e. The van der Waals surface area contributed by atoms with Crippen molar-refractivity contribution >= 4 is 37.3 Å². The van der Waals surface area contributed by atoms with Crippen molar-refractivity contribution in [2.24, 2.45) is 0 Å². The van der Waals surface area contributed by atoms with E-state index in [0.717, 1.165) is 5.56 Å². The van der Waals surface area contributed by atoms with Gasteiger partial charge in [0.2, 0.25) is 0 Å². The molecule has 2 rings (SSSR count). The number of nitrogens with two attached hydrogens (primary N) is 1. The average molecular weight is 371 g/mol. The fourth-order valence-electron chi connectivity index (χ4n) is 1.81. The second kappa shape index (κ2) is 5.95. The van der Waals surface area contributed by atoms with Crippen LogP contribution in [-0.4, -0.2) is 15.5 Å². The molecule has 0 radical (unpaired) electrons. The zero-order valence-corrected chi connectivity index (χ0v) is 14.0. The third-order valence-corrected chi connectivity index (χ3v) is 4.91. The number of anilines is 2. The third-order valence-electron chi connectivity index (χ3n) is 2.85. The molecule has 3 N–H and O–H groups in total. The molecular weight excluding hydrogens is 356 g/mol. The van der Waals surface area contributed by atoms with Crippen LogP contribution in [0.1, 0.15) is 5.56 Å². The van der Waals surface area contributed by atoms with Gasteiger partial charge in [0.1, 0.15) is 10.6 Å². The summed E-state index contributed by atoms with van der Waals surface area (Å²) in [7, 11) is -2.37. The molecule has 0 aliphatic heterocycles. The lowest BCUT2D eigenvalue weighted by molar-refractivity contribution is 0.403. The van der Waals surface area contributed by atoms with E-state index in [9.17, 15) is 8.42 Å². The van der Waals surface area contributed by atoms with Gasteiger partial charge >= 0.3 is 0 Å². The van der Waals surface area contributed by atoms with Crippen LogP contribution in [0.2, 0.25) is 0 Å². The minimum Gasteiger partial charge on any atom is -0.495 e. The van der Waals surface area contributed by atoms with E-state index in [1.165, 1.54) is 25.3 Å². The second-order valence-electron chi connectivity index (χ2n) is 4.50. The van der Waals surface area contributed by atoms with Crippen LogP contribution in [0, 0.1) is 6.92 Å². The Hall–Kier alpha value is -1.73. The topological polar surface area (TPSA) is 81.4 Å². The number of sulfonamides is 1. The molecule has 7 heteroatoms. The van der Waals surface area contributed by atoms with Crippen LogP contribution in [0.5, 0.6) is 5.75 Å². The summed E-state index contributed by atoms with van der Waals surface area (Å²) in [6.07, 6.45) is 0. The molecule has 0 aliphatic carbocycles. The van der Waals surface area contributed by atoms with Crippen LogP contribution in [-0.2, 0) is 10.0 Å². The van der Waals surface area contributed by atoms with Crippen molar-refractivity contribution in [3.63, 3.8) is 0 Å². The molecule has 0 atom stereocenters. The Morgan fingerprint density at radius 3 is 2.52 bits per heavy atom. The summed E-state index contributed by atoms with van der Waals surface area (Å²) < 4.78 is 33.2. The summed E-state index contributed by atoms with van der Waals surface area (Å²) in [5.41, 5.74) is 7.55. The number of rotatable bonds is 4. The van der Waals surface area contributed by atoms with E-state index in [-0.39, 0.29) is 10.6 Å². The Kier molecular flexibility index (Phi) is 4.43. The standard InChI is InChI=1S/C14H15BrN2O3S/c1-9-3-5-12(11(15)7-9)17-21(18,19)14-6-4-10(16)8-13(14)20-2/h3-8,17H,16H2,1-2H3. The maximum Gasteiger partial charge on any atom is 0.265 e. The van der Waals surface area contributed by atoms with E-state index in [0.29, 0.717) is 15.8 Å². The Bertz CT molecular complexity index is 776. The van der Waals surface area contributed by atoms with Crippen LogP contribution in [0.25, 0.3) is 0 Å². The van der Waals surface area contributed by atoms with E-state index in [4.69, 9.17) is 10.5 Å². The molecule has 0 heterocycles. The van der Waals surface area contributed by atoms with Gasteiger partial charge in [-0.3, -0.25) is 4.72 Å². The molecule has 0 spiro atoms. The molecule has 0 bridgehead atoms. The van der Waals surface area contributed by atoms with Gasteiger partial charge in [0.15, 0.2) is 0 Å². The van der Waals surface area contributed by atoms with E-state index >= 15 is 0 Å². The Balaban J connectivity index is 2.43. The predicted molar refractivity (Wildman–Crippen MR) is 87.1 cm³/mol. The van der Waals surface area contributed by atoms with Gasteiger partial charge in [0, 0.05) is 16.2 Å². The second-order valence-corrected chi connectivity index (χ2v) is 7.00. The summed E-state index contributed by atoms with van der Waals surface area (Å²) in [6, 6.07) is 9.75. The normalized spacial score (nSPS) is 11.2. The van der Waals surface area contributed by atoms with Crippen LogP contribution in [0.15, 0.2) is 45.8 Å². The molecule has 0 amide bonds. The number of nitrogen functional groups attached to an aromatic ring is 1. The SMILES string of the molecule is COc1cc(N)ccc1S(=O)(=O)Nc1ccc(C)cc1Br. The lowest BCUT2D eigenvalue weighted by atomic mass is 10.2. The lowest BCUT2D eigenvalue weighted by Crippen LogP contribution is -2.14. The fraction of sp³-hybridized carbons (Fsp3) is 0.143. The Morgan fingerprint density at radius 2 is 1.90 bits per heavy atom. The van der Waals surface area contributed by atoms with Crippen molar-refractivity contribution in [2.75, 3.05) is 17.6 Å². The number of methoxy groups -OCH3 is 1. The van der Waals surface area contributed by atoms with Gasteiger partial charge in [-0.05, 0) is 52.7 Å². The van der Waals surface area contributed by atoms with Crippen molar-refractivity contribution in [2.45, 2.75) is 11.8 Å². The average Bonchev–Trinajstić information content (AvgIpc) is 2.41. The zero-order valence-electron chi connectivity index (χ0n) is 11.6. The number of hydrogen-bond acceptors (Lipinski definition) is 4. The molecule has 0 fully saturated rings. The Labute approximate surface area is 132 Å². The first-order chi connectivity index (χ1) is 9.83. The predicted octanol–water partition coefficient (Wildman–Crippen LogP) is 3.15. The summed E-state index contributed by atoms with van der Waals surface area (Å²) >= 11 is 3.34. The number of hydrogen-bond donors (Lipinski definition) is 2. The first-order valence-corrected chi connectivity index (χ1v) is 8.33. The summed E-state index contributed by atoms with van der Waals surface area (Å²) in [4.78, 5) is 0.0340. The fourth-order valence-corrected chi connectivity index (χ4v) is 3.76. The summed E-state index contributed by atoms with van der Waals surface area (Å²) in [5.74, 6) is 0.200. The molecule has 0 aliphatic rings. The molecular formula is C14H15BrN2O3S. The van der Waals surface area contributed by atoms with Crippen LogP contribution in [0.3, 0.4) is 0 Å². The molecule has 0 saturated heterocycles. The van der Waals surface area contributed by atoms with Crippen LogP contribution >= 0.6 is 15.9 Å². The highest BCUT2D eigenvalue weighted by Gasteiger charge is 2.20. The molecule has 0 saturated carbocycles. The van der Waals surface area contributed by atoms with Gasteiger partial charge < -0.3 is 10.5 Å². The van der Waals surface area contributed by atoms with Crippen molar-refractivity contribution in [1.29, 1.82) is 0 Å². The van der Waals surface area contributed by atoms with E-state index < -0.39 is 10.0 Å². The van der Waals surface area contributed by atoms with Crippen molar-refractivity contribution in [1.82, 2.24) is 0 Å². The maximum atomic E-state index is 12.5. The first kappa shape index (κ1) is 15.7. The van der Waals surface area contributed by atoms with Gasteiger partial charge in [-0.1, -0.05) is 6.07 Å². The molecule has 21 heavy (non-hydrogen) atoms. The van der Waals surface area contributed by atoms with Crippen molar-refractivity contribution < 1.29 is 13.2 Å². The molecule has 2 aromatic carbocycles. The summed E-state index contributed by atoms with van der Waals surface area (Å²) in [5, 5.41) is 0. The number of nitrogens with one attached hydrogen (secondary N) is 1. The van der Waals surface area contributed by atoms with Gasteiger partial charge in [-0.2, -0.15) is 0 Å². The van der Waals surface area contributed by atoms with E-state index in [1.807, 2.05) is 19.1 Å². The molecule has 0 unspecified atom stereocenters. The highest BCUT2D eigenvalue weighted by molar-refractivity contribution is 9.10. The number of aryl methyl sites for hydroxylation is 1. The van der Waals surface area contributed by atoms with Gasteiger partial charge in [0.05, 0.1) is 12.8 Å². The third kappa shape index (κ3) is 3.48.